The number of rotatable bonds is 1. The van der Waals surface area contributed by atoms with Gasteiger partial charge in [-0.1, -0.05) is 60.7 Å². The van der Waals surface area contributed by atoms with Crippen LogP contribution in [0, 0.1) is 0 Å². The van der Waals surface area contributed by atoms with Crippen molar-refractivity contribution in [3.8, 4) is 11.3 Å². The van der Waals surface area contributed by atoms with E-state index in [0.29, 0.717) is 0 Å². The highest BCUT2D eigenvalue weighted by Gasteiger charge is 2.22. The normalized spacial score (nSPS) is 13.6. The summed E-state index contributed by atoms with van der Waals surface area (Å²) >= 11 is 1.95. The first-order valence-electron chi connectivity index (χ1n) is 7.94. The average molecular weight is 313 g/mol. The van der Waals surface area contributed by atoms with E-state index < -0.39 is 0 Å². The Labute approximate surface area is 139 Å². The molecule has 2 heteroatoms. The number of hydrogen-bond donors (Lipinski definition) is 0. The number of benzene rings is 3. The second-order valence-electron chi connectivity index (χ2n) is 5.91. The van der Waals surface area contributed by atoms with E-state index in [9.17, 15) is 0 Å². The summed E-state index contributed by atoms with van der Waals surface area (Å²) in [5.41, 5.74) is 4.96. The van der Waals surface area contributed by atoms with Crippen LogP contribution in [0.1, 0.15) is 5.56 Å². The SMILES string of the molecule is c1ccc(-c2nc3ccc4ccccc4c3c3c2SCC3)cc1. The first kappa shape index (κ1) is 13.1. The largest absolute Gasteiger partial charge is 0.247 e. The zero-order valence-corrected chi connectivity index (χ0v) is 13.4. The molecule has 1 aromatic heterocycles. The molecule has 4 aromatic rings. The highest BCUT2D eigenvalue weighted by molar-refractivity contribution is 7.99. The fraction of sp³-hybridized carbons (Fsp3) is 0.0952. The summed E-state index contributed by atoms with van der Waals surface area (Å²) in [5, 5.41) is 3.98. The number of nitrogens with zero attached hydrogens (tertiary/aromatic N) is 1. The van der Waals surface area contributed by atoms with Crippen molar-refractivity contribution >= 4 is 33.4 Å². The highest BCUT2D eigenvalue weighted by atomic mass is 32.2. The Kier molecular flexibility index (Phi) is 2.92. The van der Waals surface area contributed by atoms with Crippen LogP contribution < -0.4 is 0 Å². The molecule has 3 aromatic carbocycles. The molecule has 0 saturated heterocycles. The molecule has 0 bridgehead atoms. The first-order valence-corrected chi connectivity index (χ1v) is 8.93. The third-order valence-corrected chi connectivity index (χ3v) is 5.71. The van der Waals surface area contributed by atoms with Gasteiger partial charge >= 0.3 is 0 Å². The number of thioether (sulfide) groups is 1. The van der Waals surface area contributed by atoms with E-state index in [1.807, 2.05) is 11.8 Å². The number of fused-ring (bicyclic) bond motifs is 5. The quantitative estimate of drug-likeness (QED) is 0.418. The van der Waals surface area contributed by atoms with Crippen molar-refractivity contribution < 1.29 is 0 Å². The minimum absolute atomic E-state index is 1.11. The standard InChI is InChI=1S/C21H15NS/c1-2-7-15(8-3-1)20-21-17(12-13-23-21)19-16-9-5-4-6-14(16)10-11-18(19)22-20/h1-11H,12-13H2. The van der Waals surface area contributed by atoms with E-state index in [0.717, 1.165) is 23.4 Å². The minimum atomic E-state index is 1.11. The Morgan fingerprint density at radius 3 is 2.57 bits per heavy atom. The van der Waals surface area contributed by atoms with Crippen LogP contribution >= 0.6 is 11.8 Å². The Morgan fingerprint density at radius 2 is 1.65 bits per heavy atom. The Hall–Kier alpha value is -2.32. The van der Waals surface area contributed by atoms with Crippen LogP contribution in [0.15, 0.2) is 71.6 Å². The van der Waals surface area contributed by atoms with Crippen LogP contribution in [-0.4, -0.2) is 10.7 Å². The van der Waals surface area contributed by atoms with Crippen molar-refractivity contribution in [1.82, 2.24) is 4.98 Å². The van der Waals surface area contributed by atoms with Gasteiger partial charge in [0.25, 0.3) is 0 Å². The topological polar surface area (TPSA) is 12.9 Å². The third-order valence-electron chi connectivity index (χ3n) is 4.58. The summed E-state index contributed by atoms with van der Waals surface area (Å²) in [4.78, 5) is 6.42. The number of aromatic nitrogens is 1. The van der Waals surface area contributed by atoms with Gasteiger partial charge in [0, 0.05) is 21.6 Å². The molecule has 0 unspecified atom stereocenters. The van der Waals surface area contributed by atoms with Gasteiger partial charge in [-0.25, -0.2) is 4.98 Å². The van der Waals surface area contributed by atoms with Crippen molar-refractivity contribution in [2.24, 2.45) is 0 Å². The van der Waals surface area contributed by atoms with Gasteiger partial charge in [-0.3, -0.25) is 0 Å². The number of pyridine rings is 1. The van der Waals surface area contributed by atoms with Crippen molar-refractivity contribution in [2.45, 2.75) is 11.3 Å². The molecular formula is C21H15NS. The number of hydrogen-bond acceptors (Lipinski definition) is 2. The van der Waals surface area contributed by atoms with E-state index in [1.165, 1.54) is 32.2 Å². The lowest BCUT2D eigenvalue weighted by Crippen LogP contribution is -1.94. The lowest BCUT2D eigenvalue weighted by Gasteiger charge is -2.13. The average Bonchev–Trinajstić information content (AvgIpc) is 3.11. The van der Waals surface area contributed by atoms with E-state index in [4.69, 9.17) is 4.98 Å². The third kappa shape index (κ3) is 1.98. The molecule has 5 rings (SSSR count). The van der Waals surface area contributed by atoms with Crippen LogP contribution in [-0.2, 0) is 6.42 Å². The van der Waals surface area contributed by atoms with Crippen molar-refractivity contribution in [1.29, 1.82) is 0 Å². The second kappa shape index (κ2) is 5.10. The molecule has 0 atom stereocenters. The smallest absolute Gasteiger partial charge is 0.0848 e. The Balaban J connectivity index is 1.93. The summed E-state index contributed by atoms with van der Waals surface area (Å²) in [5.74, 6) is 1.15. The molecule has 0 radical (unpaired) electrons. The molecule has 0 saturated carbocycles. The maximum Gasteiger partial charge on any atom is 0.0848 e. The van der Waals surface area contributed by atoms with Gasteiger partial charge in [0.2, 0.25) is 0 Å². The predicted octanol–water partition coefficient (Wildman–Crippen LogP) is 5.70. The van der Waals surface area contributed by atoms with E-state index in [1.54, 1.807) is 0 Å². The summed E-state index contributed by atoms with van der Waals surface area (Å²) in [6.07, 6.45) is 1.13. The van der Waals surface area contributed by atoms with Crippen LogP contribution in [0.25, 0.3) is 32.9 Å². The fourth-order valence-electron chi connectivity index (χ4n) is 3.54. The van der Waals surface area contributed by atoms with Crippen molar-refractivity contribution in [3.63, 3.8) is 0 Å². The molecular weight excluding hydrogens is 298 g/mol. The molecule has 110 valence electrons. The lowest BCUT2D eigenvalue weighted by atomic mass is 9.97. The molecule has 0 spiro atoms. The fourth-order valence-corrected chi connectivity index (χ4v) is 4.73. The Morgan fingerprint density at radius 1 is 0.826 bits per heavy atom. The van der Waals surface area contributed by atoms with Crippen LogP contribution in [0.5, 0.6) is 0 Å². The van der Waals surface area contributed by atoms with Crippen LogP contribution in [0.3, 0.4) is 0 Å². The summed E-state index contributed by atoms with van der Waals surface area (Å²) in [6.45, 7) is 0. The van der Waals surface area contributed by atoms with Gasteiger partial charge in [-0.2, -0.15) is 0 Å². The molecule has 2 heterocycles. The van der Waals surface area contributed by atoms with Gasteiger partial charge in [0.15, 0.2) is 0 Å². The molecule has 1 nitrogen and oxygen atoms in total. The van der Waals surface area contributed by atoms with Crippen molar-refractivity contribution in [2.75, 3.05) is 5.75 Å². The summed E-state index contributed by atoms with van der Waals surface area (Å²) in [6, 6.07) is 23.6. The molecule has 1 aliphatic heterocycles. The van der Waals surface area contributed by atoms with E-state index in [2.05, 4.69) is 66.7 Å². The zero-order valence-electron chi connectivity index (χ0n) is 12.6. The van der Waals surface area contributed by atoms with Gasteiger partial charge in [0.05, 0.1) is 11.2 Å². The molecule has 0 aliphatic carbocycles. The van der Waals surface area contributed by atoms with Gasteiger partial charge in [-0.15, -0.1) is 11.8 Å². The maximum atomic E-state index is 5.05. The molecule has 0 N–H and O–H groups in total. The minimum Gasteiger partial charge on any atom is -0.247 e. The summed E-state index contributed by atoms with van der Waals surface area (Å²) < 4.78 is 0. The molecule has 23 heavy (non-hydrogen) atoms. The zero-order chi connectivity index (χ0) is 15.2. The highest BCUT2D eigenvalue weighted by Crippen LogP contribution is 2.43. The van der Waals surface area contributed by atoms with Gasteiger partial charge < -0.3 is 0 Å². The number of aryl methyl sites for hydroxylation is 1. The first-order chi connectivity index (χ1) is 11.4. The van der Waals surface area contributed by atoms with Gasteiger partial charge in [0.1, 0.15) is 0 Å². The molecule has 0 amide bonds. The van der Waals surface area contributed by atoms with Gasteiger partial charge in [-0.05, 0) is 28.8 Å². The van der Waals surface area contributed by atoms with Crippen LogP contribution in [0.2, 0.25) is 0 Å². The second-order valence-corrected chi connectivity index (χ2v) is 7.02. The summed E-state index contributed by atoms with van der Waals surface area (Å²) in [7, 11) is 0. The molecule has 0 fully saturated rings. The van der Waals surface area contributed by atoms with Crippen LogP contribution in [0.4, 0.5) is 0 Å². The van der Waals surface area contributed by atoms with E-state index in [-0.39, 0.29) is 0 Å². The monoisotopic (exact) mass is 313 g/mol. The van der Waals surface area contributed by atoms with Crippen molar-refractivity contribution in [3.05, 3.63) is 72.3 Å². The lowest BCUT2D eigenvalue weighted by molar-refractivity contribution is 1.15. The molecule has 1 aliphatic rings. The Bertz CT molecular complexity index is 1040. The predicted molar refractivity (Wildman–Crippen MR) is 99.1 cm³/mol. The van der Waals surface area contributed by atoms with E-state index >= 15 is 0 Å². The maximum absolute atomic E-state index is 5.05.